The van der Waals surface area contributed by atoms with E-state index in [4.69, 9.17) is 9.47 Å². The van der Waals surface area contributed by atoms with E-state index in [9.17, 15) is 0 Å². The summed E-state index contributed by atoms with van der Waals surface area (Å²) >= 11 is 0. The number of para-hydroxylation sites is 2. The summed E-state index contributed by atoms with van der Waals surface area (Å²) in [4.78, 5) is 2.14. The molecular formula is C22H31NO2. The summed E-state index contributed by atoms with van der Waals surface area (Å²) in [5.74, 6) is 1.92. The van der Waals surface area contributed by atoms with E-state index in [1.807, 2.05) is 12.1 Å². The molecule has 0 bridgehead atoms. The highest BCUT2D eigenvalue weighted by Gasteiger charge is 2.12. The molecule has 136 valence electrons. The minimum atomic E-state index is 0.141. The lowest BCUT2D eigenvalue weighted by molar-refractivity contribution is 0.175. The summed E-state index contributed by atoms with van der Waals surface area (Å²) in [6.07, 6.45) is 2.16. The molecule has 0 saturated carbocycles. The van der Waals surface area contributed by atoms with Crippen molar-refractivity contribution in [2.75, 3.05) is 20.6 Å². The van der Waals surface area contributed by atoms with E-state index in [0.717, 1.165) is 30.9 Å². The molecule has 3 heteroatoms. The van der Waals surface area contributed by atoms with Gasteiger partial charge in [0.05, 0.1) is 6.10 Å². The van der Waals surface area contributed by atoms with Crippen molar-refractivity contribution in [1.29, 1.82) is 0 Å². The van der Waals surface area contributed by atoms with Gasteiger partial charge in [-0.2, -0.15) is 0 Å². The maximum Gasteiger partial charge on any atom is 0.123 e. The van der Waals surface area contributed by atoms with Crippen LogP contribution in [0.4, 0.5) is 0 Å². The van der Waals surface area contributed by atoms with Crippen LogP contribution >= 0.6 is 0 Å². The van der Waals surface area contributed by atoms with Gasteiger partial charge in [0.1, 0.15) is 17.6 Å². The standard InChI is InChI=1S/C22H31NO2/c1-6-17(2)24-21-13-9-7-11-19(21)15-20-12-8-10-14-22(20)25-18(3)16-23(4)5/h7-14,17-18H,6,15-16H2,1-5H3. The highest BCUT2D eigenvalue weighted by Crippen LogP contribution is 2.28. The molecule has 2 rings (SSSR count). The smallest absolute Gasteiger partial charge is 0.123 e. The van der Waals surface area contributed by atoms with Crippen molar-refractivity contribution in [1.82, 2.24) is 4.90 Å². The molecule has 3 nitrogen and oxygen atoms in total. The SMILES string of the molecule is CCC(C)Oc1ccccc1Cc1ccccc1OC(C)CN(C)C. The molecule has 2 aromatic rings. The molecule has 0 N–H and O–H groups in total. The van der Waals surface area contributed by atoms with Crippen LogP contribution in [0.3, 0.4) is 0 Å². The fourth-order valence-electron chi connectivity index (χ4n) is 2.80. The Morgan fingerprint density at radius 3 is 1.76 bits per heavy atom. The second-order valence-electron chi connectivity index (χ2n) is 6.92. The Hall–Kier alpha value is -2.00. The Labute approximate surface area is 152 Å². The Morgan fingerprint density at radius 1 is 0.800 bits per heavy atom. The van der Waals surface area contributed by atoms with E-state index in [1.54, 1.807) is 0 Å². The predicted octanol–water partition coefficient (Wildman–Crippen LogP) is 4.78. The van der Waals surface area contributed by atoms with Crippen LogP contribution < -0.4 is 9.47 Å². The fourth-order valence-corrected chi connectivity index (χ4v) is 2.80. The fraction of sp³-hybridized carbons (Fsp3) is 0.455. The van der Waals surface area contributed by atoms with Crippen molar-refractivity contribution in [3.63, 3.8) is 0 Å². The van der Waals surface area contributed by atoms with Crippen LogP contribution in [0.2, 0.25) is 0 Å². The molecule has 0 aromatic heterocycles. The van der Waals surface area contributed by atoms with Crippen LogP contribution in [0.15, 0.2) is 48.5 Å². The molecule has 0 saturated heterocycles. The average Bonchev–Trinajstić information content (AvgIpc) is 2.57. The third kappa shape index (κ3) is 6.09. The van der Waals surface area contributed by atoms with Crippen LogP contribution in [-0.4, -0.2) is 37.7 Å². The van der Waals surface area contributed by atoms with Gasteiger partial charge < -0.3 is 14.4 Å². The van der Waals surface area contributed by atoms with Crippen LogP contribution in [-0.2, 0) is 6.42 Å². The third-order valence-corrected chi connectivity index (χ3v) is 4.18. The molecule has 0 heterocycles. The molecule has 0 aliphatic carbocycles. The molecule has 0 aliphatic rings. The maximum absolute atomic E-state index is 6.19. The summed E-state index contributed by atoms with van der Waals surface area (Å²) in [5, 5.41) is 0. The van der Waals surface area contributed by atoms with Gasteiger partial charge in [0.25, 0.3) is 0 Å². The molecule has 2 aromatic carbocycles. The molecule has 0 radical (unpaired) electrons. The second kappa shape index (κ2) is 9.47. The van der Waals surface area contributed by atoms with Crippen molar-refractivity contribution in [3.8, 4) is 11.5 Å². The minimum absolute atomic E-state index is 0.141. The van der Waals surface area contributed by atoms with Crippen LogP contribution in [0.1, 0.15) is 38.3 Å². The monoisotopic (exact) mass is 341 g/mol. The number of nitrogens with zero attached hydrogens (tertiary/aromatic N) is 1. The number of benzene rings is 2. The molecular weight excluding hydrogens is 310 g/mol. The van der Waals surface area contributed by atoms with Crippen molar-refractivity contribution in [2.24, 2.45) is 0 Å². The van der Waals surface area contributed by atoms with Gasteiger partial charge in [0.2, 0.25) is 0 Å². The Kier molecular flexibility index (Phi) is 7.32. The van der Waals surface area contributed by atoms with Crippen molar-refractivity contribution >= 4 is 0 Å². The van der Waals surface area contributed by atoms with Gasteiger partial charge >= 0.3 is 0 Å². The van der Waals surface area contributed by atoms with Crippen LogP contribution in [0.25, 0.3) is 0 Å². The third-order valence-electron chi connectivity index (χ3n) is 4.18. The maximum atomic E-state index is 6.19. The Bertz CT molecular complexity index is 654. The highest BCUT2D eigenvalue weighted by atomic mass is 16.5. The molecule has 0 aliphatic heterocycles. The summed E-state index contributed by atoms with van der Waals surface area (Å²) in [7, 11) is 4.13. The zero-order chi connectivity index (χ0) is 18.2. The lowest BCUT2D eigenvalue weighted by atomic mass is 10.0. The van der Waals surface area contributed by atoms with E-state index in [2.05, 4.69) is 76.2 Å². The van der Waals surface area contributed by atoms with Crippen LogP contribution in [0, 0.1) is 0 Å². The highest BCUT2D eigenvalue weighted by molar-refractivity contribution is 5.42. The molecule has 2 atom stereocenters. The lowest BCUT2D eigenvalue weighted by Gasteiger charge is -2.21. The minimum Gasteiger partial charge on any atom is -0.490 e. The number of likely N-dealkylation sites (N-methyl/N-ethyl adjacent to an activating group) is 1. The number of rotatable bonds is 9. The zero-order valence-electron chi connectivity index (χ0n) is 16.2. The number of hydrogen-bond donors (Lipinski definition) is 0. The summed E-state index contributed by atoms with van der Waals surface area (Å²) in [6.45, 7) is 7.25. The van der Waals surface area contributed by atoms with E-state index < -0.39 is 0 Å². The van der Waals surface area contributed by atoms with E-state index in [1.165, 1.54) is 11.1 Å². The first kappa shape index (κ1) is 19.3. The van der Waals surface area contributed by atoms with Gasteiger partial charge in [-0.3, -0.25) is 0 Å². The zero-order valence-corrected chi connectivity index (χ0v) is 16.2. The van der Waals surface area contributed by atoms with Gasteiger partial charge in [0, 0.05) is 13.0 Å². The Morgan fingerprint density at radius 2 is 1.28 bits per heavy atom. The summed E-state index contributed by atoms with van der Waals surface area (Å²) in [5.41, 5.74) is 2.38. The van der Waals surface area contributed by atoms with Crippen molar-refractivity contribution in [2.45, 2.75) is 45.8 Å². The average molecular weight is 341 g/mol. The molecule has 0 spiro atoms. The van der Waals surface area contributed by atoms with E-state index >= 15 is 0 Å². The first-order chi connectivity index (χ1) is 12.0. The lowest BCUT2D eigenvalue weighted by Crippen LogP contribution is -2.28. The first-order valence-electron chi connectivity index (χ1n) is 9.13. The van der Waals surface area contributed by atoms with E-state index in [-0.39, 0.29) is 12.2 Å². The van der Waals surface area contributed by atoms with Gasteiger partial charge in [-0.25, -0.2) is 0 Å². The second-order valence-corrected chi connectivity index (χ2v) is 6.92. The van der Waals surface area contributed by atoms with Gasteiger partial charge in [0.15, 0.2) is 0 Å². The number of ether oxygens (including phenoxy) is 2. The van der Waals surface area contributed by atoms with Gasteiger partial charge in [-0.15, -0.1) is 0 Å². The molecule has 2 unspecified atom stereocenters. The molecule has 0 fully saturated rings. The van der Waals surface area contributed by atoms with Crippen molar-refractivity contribution < 1.29 is 9.47 Å². The van der Waals surface area contributed by atoms with Gasteiger partial charge in [-0.05, 0) is 57.6 Å². The summed E-state index contributed by atoms with van der Waals surface area (Å²) in [6, 6.07) is 16.6. The predicted molar refractivity (Wildman–Crippen MR) is 105 cm³/mol. The van der Waals surface area contributed by atoms with Gasteiger partial charge in [-0.1, -0.05) is 43.3 Å². The molecule has 25 heavy (non-hydrogen) atoms. The first-order valence-corrected chi connectivity index (χ1v) is 9.13. The van der Waals surface area contributed by atoms with Crippen molar-refractivity contribution in [3.05, 3.63) is 59.7 Å². The largest absolute Gasteiger partial charge is 0.490 e. The normalized spacial score (nSPS) is 13.5. The Balaban J connectivity index is 2.18. The number of hydrogen-bond acceptors (Lipinski definition) is 3. The topological polar surface area (TPSA) is 21.7 Å². The quantitative estimate of drug-likeness (QED) is 0.655. The summed E-state index contributed by atoms with van der Waals surface area (Å²) < 4.78 is 12.3. The van der Waals surface area contributed by atoms with E-state index in [0.29, 0.717) is 0 Å². The molecule has 0 amide bonds. The van der Waals surface area contributed by atoms with Crippen LogP contribution in [0.5, 0.6) is 11.5 Å².